The minimum atomic E-state index is 0.369. The van der Waals surface area contributed by atoms with E-state index in [2.05, 4.69) is 54.2 Å². The second kappa shape index (κ2) is 5.97. The molecule has 1 N–H and O–H groups in total. The van der Waals surface area contributed by atoms with Crippen LogP contribution >= 0.6 is 0 Å². The third kappa shape index (κ3) is 3.41. The Bertz CT molecular complexity index is 531. The number of nitrogens with zero attached hydrogens (tertiary/aromatic N) is 3. The average molecular weight is 258 g/mol. The number of nitrogens with one attached hydrogen (secondary N) is 1. The van der Waals surface area contributed by atoms with E-state index in [-0.39, 0.29) is 0 Å². The van der Waals surface area contributed by atoms with E-state index >= 15 is 0 Å². The molecule has 0 aliphatic rings. The summed E-state index contributed by atoms with van der Waals surface area (Å²) >= 11 is 0. The van der Waals surface area contributed by atoms with Gasteiger partial charge < -0.3 is 10.2 Å². The van der Waals surface area contributed by atoms with Crippen LogP contribution in [0, 0.1) is 5.92 Å². The summed E-state index contributed by atoms with van der Waals surface area (Å²) in [5.74, 6) is 1.46. The quantitative estimate of drug-likeness (QED) is 0.895. The van der Waals surface area contributed by atoms with Gasteiger partial charge in [-0.15, -0.1) is 0 Å². The summed E-state index contributed by atoms with van der Waals surface area (Å²) in [7, 11) is 4.18. The lowest BCUT2D eigenvalue weighted by atomic mass is 10.0. The Balaban J connectivity index is 2.28. The zero-order valence-corrected chi connectivity index (χ0v) is 12.1. The fourth-order valence-corrected chi connectivity index (χ4v) is 2.11. The van der Waals surface area contributed by atoms with Crippen molar-refractivity contribution in [2.75, 3.05) is 26.0 Å². The fraction of sp³-hybridized carbons (Fsp3) is 0.467. The number of benzene rings is 1. The first-order valence-electron chi connectivity index (χ1n) is 6.69. The van der Waals surface area contributed by atoms with Crippen molar-refractivity contribution in [1.82, 2.24) is 14.9 Å². The highest BCUT2D eigenvalue weighted by atomic mass is 15.1. The van der Waals surface area contributed by atoms with Crippen LogP contribution in [0.2, 0.25) is 0 Å². The number of para-hydroxylation sites is 1. The van der Waals surface area contributed by atoms with E-state index < -0.39 is 0 Å². The van der Waals surface area contributed by atoms with Crippen LogP contribution < -0.4 is 5.32 Å². The summed E-state index contributed by atoms with van der Waals surface area (Å²) in [5, 5.41) is 4.64. The molecule has 0 amide bonds. The molecule has 19 heavy (non-hydrogen) atoms. The van der Waals surface area contributed by atoms with Gasteiger partial charge in [0.2, 0.25) is 0 Å². The van der Waals surface area contributed by atoms with Crippen LogP contribution in [0.5, 0.6) is 0 Å². The highest BCUT2D eigenvalue weighted by Crippen LogP contribution is 2.20. The van der Waals surface area contributed by atoms with E-state index in [0.29, 0.717) is 12.0 Å². The maximum atomic E-state index is 4.40. The highest BCUT2D eigenvalue weighted by Gasteiger charge is 2.15. The highest BCUT2D eigenvalue weighted by molar-refractivity contribution is 5.88. The smallest absolute Gasteiger partial charge is 0.137 e. The Kier molecular flexibility index (Phi) is 4.32. The average Bonchev–Trinajstić information content (AvgIpc) is 2.37. The SMILES string of the molecule is CC(C)C(CN(C)C)Nc1ncnc2ccccc12. The third-order valence-electron chi connectivity index (χ3n) is 3.23. The molecule has 0 spiro atoms. The Labute approximate surface area is 114 Å². The van der Waals surface area contributed by atoms with Gasteiger partial charge in [-0.1, -0.05) is 26.0 Å². The number of hydrogen-bond acceptors (Lipinski definition) is 4. The van der Waals surface area contributed by atoms with E-state index in [0.717, 1.165) is 23.3 Å². The number of hydrogen-bond donors (Lipinski definition) is 1. The van der Waals surface area contributed by atoms with Crippen molar-refractivity contribution in [3.05, 3.63) is 30.6 Å². The molecule has 1 aromatic carbocycles. The predicted octanol–water partition coefficient (Wildman–Crippen LogP) is 2.63. The van der Waals surface area contributed by atoms with E-state index in [9.17, 15) is 0 Å². The Morgan fingerprint density at radius 3 is 2.58 bits per heavy atom. The molecule has 4 heteroatoms. The topological polar surface area (TPSA) is 41.0 Å². The van der Waals surface area contributed by atoms with Gasteiger partial charge in [0.1, 0.15) is 12.1 Å². The second-order valence-corrected chi connectivity index (χ2v) is 5.50. The maximum absolute atomic E-state index is 4.40. The maximum Gasteiger partial charge on any atom is 0.137 e. The molecule has 0 saturated heterocycles. The van der Waals surface area contributed by atoms with Gasteiger partial charge >= 0.3 is 0 Å². The summed E-state index contributed by atoms with van der Waals surface area (Å²) in [6.45, 7) is 5.44. The van der Waals surface area contributed by atoms with Crippen LogP contribution in [0.25, 0.3) is 10.9 Å². The van der Waals surface area contributed by atoms with Crippen LogP contribution in [0.3, 0.4) is 0 Å². The molecule has 2 aromatic rings. The number of aromatic nitrogens is 2. The molecule has 2 rings (SSSR count). The second-order valence-electron chi connectivity index (χ2n) is 5.50. The van der Waals surface area contributed by atoms with Crippen LogP contribution in [-0.4, -0.2) is 41.5 Å². The van der Waals surface area contributed by atoms with Crippen LogP contribution in [0.15, 0.2) is 30.6 Å². The predicted molar refractivity (Wildman–Crippen MR) is 80.3 cm³/mol. The summed E-state index contributed by atoms with van der Waals surface area (Å²) in [4.78, 5) is 10.9. The minimum absolute atomic E-state index is 0.369. The number of likely N-dealkylation sites (N-methyl/N-ethyl adjacent to an activating group) is 1. The van der Waals surface area contributed by atoms with Gasteiger partial charge in [-0.2, -0.15) is 0 Å². The fourth-order valence-electron chi connectivity index (χ4n) is 2.11. The molecule has 0 aliphatic carbocycles. The molecule has 1 atom stereocenters. The van der Waals surface area contributed by atoms with Crippen molar-refractivity contribution >= 4 is 16.7 Å². The first-order chi connectivity index (χ1) is 9.08. The number of fused-ring (bicyclic) bond motifs is 1. The van der Waals surface area contributed by atoms with Crippen LogP contribution in [-0.2, 0) is 0 Å². The summed E-state index contributed by atoms with van der Waals surface area (Å²) in [6, 6.07) is 8.46. The Morgan fingerprint density at radius 1 is 1.16 bits per heavy atom. The van der Waals surface area contributed by atoms with E-state index in [1.54, 1.807) is 6.33 Å². The van der Waals surface area contributed by atoms with E-state index in [1.165, 1.54) is 0 Å². The zero-order valence-electron chi connectivity index (χ0n) is 12.1. The number of rotatable bonds is 5. The lowest BCUT2D eigenvalue weighted by molar-refractivity contribution is 0.344. The van der Waals surface area contributed by atoms with Crippen molar-refractivity contribution in [2.45, 2.75) is 19.9 Å². The Hall–Kier alpha value is -1.68. The largest absolute Gasteiger partial charge is 0.365 e. The third-order valence-corrected chi connectivity index (χ3v) is 3.23. The summed E-state index contributed by atoms with van der Waals surface area (Å²) < 4.78 is 0. The molecule has 0 fully saturated rings. The van der Waals surface area contributed by atoms with Gasteiger partial charge in [0.25, 0.3) is 0 Å². The van der Waals surface area contributed by atoms with Crippen LogP contribution in [0.1, 0.15) is 13.8 Å². The first kappa shape index (κ1) is 13.7. The normalized spacial score (nSPS) is 13.2. The Morgan fingerprint density at radius 2 is 1.89 bits per heavy atom. The van der Waals surface area contributed by atoms with Crippen molar-refractivity contribution in [3.63, 3.8) is 0 Å². The molecule has 4 nitrogen and oxygen atoms in total. The van der Waals surface area contributed by atoms with Gasteiger partial charge in [-0.25, -0.2) is 9.97 Å². The molecule has 0 radical (unpaired) electrons. The van der Waals surface area contributed by atoms with Crippen molar-refractivity contribution < 1.29 is 0 Å². The lowest BCUT2D eigenvalue weighted by Gasteiger charge is -2.26. The standard InChI is InChI=1S/C15H22N4/c1-11(2)14(9-19(3)4)18-15-12-7-5-6-8-13(12)16-10-17-15/h5-8,10-11,14H,9H2,1-4H3,(H,16,17,18). The van der Waals surface area contributed by atoms with Gasteiger partial charge in [-0.3, -0.25) is 0 Å². The van der Waals surface area contributed by atoms with Gasteiger partial charge in [0.05, 0.1) is 5.52 Å². The summed E-state index contributed by atoms with van der Waals surface area (Å²) in [6.07, 6.45) is 1.62. The van der Waals surface area contributed by atoms with Crippen molar-refractivity contribution in [2.24, 2.45) is 5.92 Å². The molecule has 0 bridgehead atoms. The summed E-state index contributed by atoms with van der Waals surface area (Å²) in [5.41, 5.74) is 0.979. The molecule has 0 saturated carbocycles. The molecule has 1 unspecified atom stereocenters. The molecular formula is C15H22N4. The lowest BCUT2D eigenvalue weighted by Crippen LogP contribution is -2.36. The van der Waals surface area contributed by atoms with Gasteiger partial charge in [0.15, 0.2) is 0 Å². The molecule has 102 valence electrons. The van der Waals surface area contributed by atoms with Crippen molar-refractivity contribution in [1.29, 1.82) is 0 Å². The zero-order chi connectivity index (χ0) is 13.8. The van der Waals surface area contributed by atoms with Crippen molar-refractivity contribution in [3.8, 4) is 0 Å². The molecule has 0 aliphatic heterocycles. The first-order valence-corrected chi connectivity index (χ1v) is 6.69. The molecular weight excluding hydrogens is 236 g/mol. The molecule has 1 aromatic heterocycles. The van der Waals surface area contributed by atoms with Gasteiger partial charge in [0, 0.05) is 18.0 Å². The number of anilines is 1. The minimum Gasteiger partial charge on any atom is -0.365 e. The monoisotopic (exact) mass is 258 g/mol. The van der Waals surface area contributed by atoms with Gasteiger partial charge in [-0.05, 0) is 32.1 Å². The van der Waals surface area contributed by atoms with E-state index in [1.807, 2.05) is 18.2 Å². The van der Waals surface area contributed by atoms with Crippen LogP contribution in [0.4, 0.5) is 5.82 Å². The van der Waals surface area contributed by atoms with E-state index in [4.69, 9.17) is 0 Å². The molecule has 1 heterocycles.